The number of amides is 1. The van der Waals surface area contributed by atoms with Crippen LogP contribution in [0.15, 0.2) is 36.5 Å². The summed E-state index contributed by atoms with van der Waals surface area (Å²) in [6.07, 6.45) is 4.54. The lowest BCUT2D eigenvalue weighted by Crippen LogP contribution is -2.44. The first-order valence-corrected chi connectivity index (χ1v) is 10.3. The Morgan fingerprint density at radius 3 is 2.53 bits per heavy atom. The first-order chi connectivity index (χ1) is 14.5. The van der Waals surface area contributed by atoms with E-state index in [-0.39, 0.29) is 5.69 Å². The van der Waals surface area contributed by atoms with Gasteiger partial charge in [0.1, 0.15) is 11.5 Å². The van der Waals surface area contributed by atoms with Crippen molar-refractivity contribution in [1.29, 1.82) is 0 Å². The fraction of sp³-hybridized carbons (Fsp3) is 0.304. The van der Waals surface area contributed by atoms with Gasteiger partial charge in [0.05, 0.1) is 11.7 Å². The van der Waals surface area contributed by atoms with Gasteiger partial charge in [-0.25, -0.2) is 4.98 Å². The van der Waals surface area contributed by atoms with E-state index in [9.17, 15) is 4.79 Å². The lowest BCUT2D eigenvalue weighted by molar-refractivity contribution is 0.0996. The smallest absolute Gasteiger partial charge is 0.267 e. The van der Waals surface area contributed by atoms with Crippen molar-refractivity contribution in [1.82, 2.24) is 14.9 Å². The maximum atomic E-state index is 11.5. The lowest BCUT2D eigenvalue weighted by Gasteiger charge is -2.34. The topological polar surface area (TPSA) is 104 Å². The van der Waals surface area contributed by atoms with E-state index in [2.05, 4.69) is 64.1 Å². The molecule has 0 aliphatic carbocycles. The normalized spacial score (nSPS) is 15.7. The average molecular weight is 405 g/mol. The molecule has 4 rings (SSSR count). The second-order valence-corrected chi connectivity index (χ2v) is 7.79. The molecule has 30 heavy (non-hydrogen) atoms. The second kappa shape index (κ2) is 8.20. The molecule has 3 aromatic rings. The molecule has 7 nitrogen and oxygen atoms in total. The first-order valence-electron chi connectivity index (χ1n) is 10.3. The van der Waals surface area contributed by atoms with Crippen LogP contribution in [0.1, 0.15) is 35.0 Å². The summed E-state index contributed by atoms with van der Waals surface area (Å²) >= 11 is 0. The van der Waals surface area contributed by atoms with Gasteiger partial charge >= 0.3 is 0 Å². The summed E-state index contributed by atoms with van der Waals surface area (Å²) in [6, 6.07) is 10.4. The van der Waals surface area contributed by atoms with E-state index < -0.39 is 5.91 Å². The summed E-state index contributed by atoms with van der Waals surface area (Å²) in [4.78, 5) is 23.5. The predicted octanol–water partition coefficient (Wildman–Crippen LogP) is 2.95. The van der Waals surface area contributed by atoms with Crippen molar-refractivity contribution in [3.8, 4) is 0 Å². The summed E-state index contributed by atoms with van der Waals surface area (Å²) in [7, 11) is 2.16. The Kier molecular flexibility index (Phi) is 5.46. The number of primary amides is 1. The van der Waals surface area contributed by atoms with Crippen LogP contribution in [-0.2, 0) is 0 Å². The van der Waals surface area contributed by atoms with Crippen molar-refractivity contribution in [2.45, 2.75) is 13.3 Å². The highest BCUT2D eigenvalue weighted by molar-refractivity contribution is 6.02. The number of H-pyrrole nitrogens is 1. The van der Waals surface area contributed by atoms with Crippen LogP contribution in [0.5, 0.6) is 0 Å². The molecule has 0 saturated carbocycles. The fourth-order valence-electron chi connectivity index (χ4n) is 3.94. The summed E-state index contributed by atoms with van der Waals surface area (Å²) in [5.41, 5.74) is 17.1. The molecule has 2 aromatic heterocycles. The molecule has 3 heterocycles. The molecule has 1 aromatic carbocycles. The van der Waals surface area contributed by atoms with Crippen molar-refractivity contribution in [3.63, 3.8) is 0 Å². The van der Waals surface area contributed by atoms with E-state index in [4.69, 9.17) is 11.5 Å². The molecule has 1 saturated heterocycles. The van der Waals surface area contributed by atoms with E-state index in [1.807, 2.05) is 0 Å². The molecule has 0 spiro atoms. The molecule has 5 N–H and O–H groups in total. The average Bonchev–Trinajstić information content (AvgIpc) is 3.06. The number of nitrogen functional groups attached to an aromatic ring is 1. The Bertz CT molecular complexity index is 1090. The summed E-state index contributed by atoms with van der Waals surface area (Å²) in [5, 5.41) is 0.844. The second-order valence-electron chi connectivity index (χ2n) is 7.79. The number of pyridine rings is 1. The minimum absolute atomic E-state index is 0.228. The number of hydrogen-bond donors (Lipinski definition) is 3. The Labute approximate surface area is 176 Å². The van der Waals surface area contributed by atoms with Gasteiger partial charge in [0.25, 0.3) is 5.91 Å². The van der Waals surface area contributed by atoms with Gasteiger partial charge in [0.15, 0.2) is 0 Å². The zero-order chi connectivity index (χ0) is 21.3. The van der Waals surface area contributed by atoms with Crippen molar-refractivity contribution in [2.75, 3.05) is 43.9 Å². The monoisotopic (exact) mass is 404 g/mol. The number of nitrogens with one attached hydrogen (secondary N) is 1. The predicted molar refractivity (Wildman–Crippen MR) is 123 cm³/mol. The number of anilines is 2. The first kappa shape index (κ1) is 20.0. The van der Waals surface area contributed by atoms with Crippen LogP contribution in [-0.4, -0.2) is 54.0 Å². The van der Waals surface area contributed by atoms with Gasteiger partial charge in [-0.1, -0.05) is 19.1 Å². The van der Waals surface area contributed by atoms with E-state index in [0.717, 1.165) is 54.6 Å². The minimum Gasteiger partial charge on any atom is -0.385 e. The number of likely N-dealkylation sites (N-methyl/N-ethyl adjacent to an activating group) is 1. The van der Waals surface area contributed by atoms with Crippen LogP contribution in [0.2, 0.25) is 0 Å². The van der Waals surface area contributed by atoms with E-state index >= 15 is 0 Å². The number of piperazine rings is 1. The zero-order valence-electron chi connectivity index (χ0n) is 17.5. The quantitative estimate of drug-likeness (QED) is 0.606. The summed E-state index contributed by atoms with van der Waals surface area (Å²) < 4.78 is 0. The molecular formula is C23H28N6O. The molecule has 1 amide bonds. The van der Waals surface area contributed by atoms with Crippen LogP contribution in [0, 0.1) is 0 Å². The standard InChI is InChI=1S/C23H28N6O/c1-3-15(16-4-6-17(7-5-16)29-10-8-28(2)9-11-29)12-19-18-13-20(23(25)30)26-14-21(18)27-22(19)24/h4-7,12-14,27H,3,8-11,24H2,1-2H3,(H2,25,30)/b15-12+. The molecule has 156 valence electrons. The van der Waals surface area contributed by atoms with Gasteiger partial charge < -0.3 is 26.3 Å². The maximum Gasteiger partial charge on any atom is 0.267 e. The lowest BCUT2D eigenvalue weighted by atomic mass is 9.99. The molecule has 1 aliphatic rings. The number of allylic oxidation sites excluding steroid dienone is 1. The number of carbonyl (C=O) groups is 1. The Hall–Kier alpha value is -3.32. The van der Waals surface area contributed by atoms with Crippen molar-refractivity contribution < 1.29 is 4.79 Å². The van der Waals surface area contributed by atoms with Gasteiger partial charge in [-0.15, -0.1) is 0 Å². The molecule has 1 fully saturated rings. The number of nitrogens with two attached hydrogens (primary N) is 2. The van der Waals surface area contributed by atoms with Crippen molar-refractivity contribution in [2.24, 2.45) is 5.73 Å². The van der Waals surface area contributed by atoms with Gasteiger partial charge in [0, 0.05) is 42.8 Å². The van der Waals surface area contributed by atoms with E-state index in [0.29, 0.717) is 5.82 Å². The van der Waals surface area contributed by atoms with Crippen LogP contribution in [0.4, 0.5) is 11.5 Å². The number of aromatic nitrogens is 2. The molecule has 0 radical (unpaired) electrons. The Morgan fingerprint density at radius 1 is 1.20 bits per heavy atom. The van der Waals surface area contributed by atoms with Gasteiger partial charge in [-0.05, 0) is 48.9 Å². The Balaban J connectivity index is 1.66. The molecular weight excluding hydrogens is 376 g/mol. The van der Waals surface area contributed by atoms with Crippen molar-refractivity contribution in [3.05, 3.63) is 53.3 Å². The van der Waals surface area contributed by atoms with Gasteiger partial charge in [-0.2, -0.15) is 0 Å². The molecule has 0 atom stereocenters. The molecule has 0 unspecified atom stereocenters. The largest absolute Gasteiger partial charge is 0.385 e. The van der Waals surface area contributed by atoms with Crippen LogP contribution in [0.25, 0.3) is 22.6 Å². The SMILES string of the molecule is CC/C(=C\c1c(N)[nH]c2cnc(C(N)=O)cc12)c1ccc(N2CCN(C)CC2)cc1. The number of aromatic amines is 1. The molecule has 1 aliphatic heterocycles. The van der Waals surface area contributed by atoms with Gasteiger partial charge in [0.2, 0.25) is 0 Å². The van der Waals surface area contributed by atoms with Crippen LogP contribution in [0.3, 0.4) is 0 Å². The number of benzene rings is 1. The van der Waals surface area contributed by atoms with Crippen molar-refractivity contribution >= 4 is 40.0 Å². The number of carbonyl (C=O) groups excluding carboxylic acids is 1. The minimum atomic E-state index is -0.554. The highest BCUT2D eigenvalue weighted by atomic mass is 16.1. The Morgan fingerprint density at radius 2 is 1.90 bits per heavy atom. The van der Waals surface area contributed by atoms with Gasteiger partial charge in [-0.3, -0.25) is 4.79 Å². The number of hydrogen-bond acceptors (Lipinski definition) is 5. The maximum absolute atomic E-state index is 11.5. The highest BCUT2D eigenvalue weighted by Gasteiger charge is 2.15. The summed E-state index contributed by atoms with van der Waals surface area (Å²) in [5.74, 6) is -0.00441. The third-order valence-electron chi connectivity index (χ3n) is 5.81. The van der Waals surface area contributed by atoms with Crippen LogP contribution >= 0.6 is 0 Å². The number of nitrogens with zero attached hydrogens (tertiary/aromatic N) is 3. The fourth-order valence-corrected chi connectivity index (χ4v) is 3.94. The van der Waals surface area contributed by atoms with E-state index in [1.54, 1.807) is 12.3 Å². The molecule has 7 heteroatoms. The third kappa shape index (κ3) is 3.89. The van der Waals surface area contributed by atoms with E-state index in [1.165, 1.54) is 11.3 Å². The van der Waals surface area contributed by atoms with Crippen LogP contribution < -0.4 is 16.4 Å². The molecule has 0 bridgehead atoms. The highest BCUT2D eigenvalue weighted by Crippen LogP contribution is 2.31. The zero-order valence-corrected chi connectivity index (χ0v) is 17.5. The number of rotatable bonds is 5. The number of fused-ring (bicyclic) bond motifs is 1. The third-order valence-corrected chi connectivity index (χ3v) is 5.81. The summed E-state index contributed by atoms with van der Waals surface area (Å²) in [6.45, 7) is 6.40.